The van der Waals surface area contributed by atoms with Crippen molar-refractivity contribution in [1.82, 2.24) is 4.90 Å². The van der Waals surface area contributed by atoms with Gasteiger partial charge in [-0.25, -0.2) is 0 Å². The number of hydrogen-bond acceptors (Lipinski definition) is 3. The third kappa shape index (κ3) is 2.67. The topological polar surface area (TPSA) is 29.5 Å². The molecule has 1 fully saturated rings. The highest BCUT2D eigenvalue weighted by Gasteiger charge is 2.22. The van der Waals surface area contributed by atoms with Gasteiger partial charge >= 0.3 is 0 Å². The van der Waals surface area contributed by atoms with Crippen LogP contribution in [0, 0.1) is 0 Å². The van der Waals surface area contributed by atoms with Crippen LogP contribution in [0.2, 0.25) is 0 Å². The lowest BCUT2D eigenvalue weighted by atomic mass is 9.91. The highest BCUT2D eigenvalue weighted by atomic mass is 16.5. The van der Waals surface area contributed by atoms with Crippen molar-refractivity contribution >= 4 is 6.29 Å². The number of rotatable bonds is 5. The molecule has 0 N–H and O–H groups in total. The Morgan fingerprint density at radius 2 is 2.24 bits per heavy atom. The fourth-order valence-electron chi connectivity index (χ4n) is 2.22. The van der Waals surface area contributed by atoms with Crippen LogP contribution in [0.5, 0.6) is 5.75 Å². The van der Waals surface area contributed by atoms with Crippen molar-refractivity contribution in [1.29, 1.82) is 0 Å². The molecule has 0 spiro atoms. The van der Waals surface area contributed by atoms with Gasteiger partial charge in [-0.1, -0.05) is 6.42 Å². The molecule has 3 heteroatoms. The number of hydrogen-bond donors (Lipinski definition) is 0. The number of aldehydes is 1. The maximum Gasteiger partial charge on any atom is 0.150 e. The number of carbonyl (C=O) groups is 1. The van der Waals surface area contributed by atoms with Crippen LogP contribution in [-0.2, 0) is 6.54 Å². The highest BCUT2D eigenvalue weighted by Crippen LogP contribution is 2.27. The molecule has 0 bridgehead atoms. The number of carbonyl (C=O) groups excluding carboxylic acids is 1. The monoisotopic (exact) mass is 233 g/mol. The quantitative estimate of drug-likeness (QED) is 0.732. The summed E-state index contributed by atoms with van der Waals surface area (Å²) in [5.74, 6) is 0.863. The first-order valence-electron chi connectivity index (χ1n) is 6.07. The maximum absolute atomic E-state index is 10.8. The van der Waals surface area contributed by atoms with Crippen LogP contribution < -0.4 is 4.74 Å². The van der Waals surface area contributed by atoms with Gasteiger partial charge in [0.25, 0.3) is 0 Å². The van der Waals surface area contributed by atoms with Crippen LogP contribution in [0.25, 0.3) is 0 Å². The fourth-order valence-corrected chi connectivity index (χ4v) is 2.22. The molecule has 1 aliphatic rings. The zero-order valence-corrected chi connectivity index (χ0v) is 10.5. The molecule has 2 rings (SSSR count). The van der Waals surface area contributed by atoms with Gasteiger partial charge < -0.3 is 4.74 Å². The summed E-state index contributed by atoms with van der Waals surface area (Å²) >= 11 is 0. The molecule has 1 saturated carbocycles. The minimum atomic E-state index is 0.694. The lowest BCUT2D eigenvalue weighted by molar-refractivity contribution is 0.112. The molecule has 0 saturated heterocycles. The largest absolute Gasteiger partial charge is 0.496 e. The molecule has 1 aromatic carbocycles. The van der Waals surface area contributed by atoms with Crippen LogP contribution in [0.15, 0.2) is 18.2 Å². The van der Waals surface area contributed by atoms with Gasteiger partial charge in [0.05, 0.1) is 7.11 Å². The minimum Gasteiger partial charge on any atom is -0.496 e. The molecule has 1 aromatic rings. The second kappa shape index (κ2) is 5.32. The average Bonchev–Trinajstić information content (AvgIpc) is 2.26. The zero-order chi connectivity index (χ0) is 12.3. The third-order valence-electron chi connectivity index (χ3n) is 3.56. The van der Waals surface area contributed by atoms with Gasteiger partial charge in [0.2, 0.25) is 0 Å². The van der Waals surface area contributed by atoms with Gasteiger partial charge in [-0.2, -0.15) is 0 Å². The second-order valence-corrected chi connectivity index (χ2v) is 4.69. The SMILES string of the molecule is COc1ccc(C=O)cc1CN(C)C1CCC1. The first-order valence-corrected chi connectivity index (χ1v) is 6.07. The second-order valence-electron chi connectivity index (χ2n) is 4.69. The molecule has 0 heterocycles. The molecule has 0 radical (unpaired) electrons. The number of methoxy groups -OCH3 is 1. The van der Waals surface area contributed by atoms with E-state index in [1.54, 1.807) is 13.2 Å². The van der Waals surface area contributed by atoms with E-state index in [9.17, 15) is 4.79 Å². The molecular weight excluding hydrogens is 214 g/mol. The van der Waals surface area contributed by atoms with E-state index in [2.05, 4.69) is 11.9 Å². The Bertz CT molecular complexity index is 399. The third-order valence-corrected chi connectivity index (χ3v) is 3.56. The van der Waals surface area contributed by atoms with E-state index in [4.69, 9.17) is 4.74 Å². The summed E-state index contributed by atoms with van der Waals surface area (Å²) in [6, 6.07) is 6.27. The van der Waals surface area contributed by atoms with Crippen LogP contribution in [-0.4, -0.2) is 31.4 Å². The molecule has 0 aliphatic heterocycles. The average molecular weight is 233 g/mol. The lowest BCUT2D eigenvalue weighted by Crippen LogP contribution is -2.36. The molecule has 1 aliphatic carbocycles. The van der Waals surface area contributed by atoms with E-state index < -0.39 is 0 Å². The van der Waals surface area contributed by atoms with Gasteiger partial charge in [0.15, 0.2) is 0 Å². The smallest absolute Gasteiger partial charge is 0.150 e. The van der Waals surface area contributed by atoms with Gasteiger partial charge in [-0.05, 0) is 38.1 Å². The first-order chi connectivity index (χ1) is 8.24. The number of nitrogens with zero attached hydrogens (tertiary/aromatic N) is 1. The summed E-state index contributed by atoms with van der Waals surface area (Å²) in [7, 11) is 3.81. The van der Waals surface area contributed by atoms with Crippen molar-refractivity contribution in [2.45, 2.75) is 31.8 Å². The normalized spacial score (nSPS) is 15.7. The van der Waals surface area contributed by atoms with Crippen molar-refractivity contribution in [3.63, 3.8) is 0 Å². The zero-order valence-electron chi connectivity index (χ0n) is 10.5. The van der Waals surface area contributed by atoms with Crippen LogP contribution in [0.4, 0.5) is 0 Å². The van der Waals surface area contributed by atoms with Gasteiger partial charge in [0.1, 0.15) is 12.0 Å². The summed E-state index contributed by atoms with van der Waals surface area (Å²) in [5, 5.41) is 0. The summed E-state index contributed by atoms with van der Waals surface area (Å²) in [4.78, 5) is 13.1. The predicted octanol–water partition coefficient (Wildman–Crippen LogP) is 2.49. The maximum atomic E-state index is 10.8. The van der Waals surface area contributed by atoms with Crippen molar-refractivity contribution < 1.29 is 9.53 Å². The van der Waals surface area contributed by atoms with E-state index in [-0.39, 0.29) is 0 Å². The van der Waals surface area contributed by atoms with E-state index >= 15 is 0 Å². The van der Waals surface area contributed by atoms with E-state index in [1.165, 1.54) is 19.3 Å². The summed E-state index contributed by atoms with van der Waals surface area (Å²) in [6.45, 7) is 0.843. The Morgan fingerprint density at radius 1 is 1.47 bits per heavy atom. The van der Waals surface area contributed by atoms with Gasteiger partial charge in [-0.3, -0.25) is 9.69 Å². The minimum absolute atomic E-state index is 0.694. The fraction of sp³-hybridized carbons (Fsp3) is 0.500. The molecule has 17 heavy (non-hydrogen) atoms. The highest BCUT2D eigenvalue weighted by molar-refractivity contribution is 5.75. The van der Waals surface area contributed by atoms with E-state index in [0.29, 0.717) is 11.6 Å². The van der Waals surface area contributed by atoms with Crippen molar-refractivity contribution in [2.75, 3.05) is 14.2 Å². The van der Waals surface area contributed by atoms with Crippen LogP contribution in [0.3, 0.4) is 0 Å². The Kier molecular flexibility index (Phi) is 3.79. The number of benzene rings is 1. The van der Waals surface area contributed by atoms with Crippen molar-refractivity contribution in [3.8, 4) is 5.75 Å². The molecule has 0 amide bonds. The number of ether oxygens (including phenoxy) is 1. The van der Waals surface area contributed by atoms with Gasteiger partial charge in [-0.15, -0.1) is 0 Å². The van der Waals surface area contributed by atoms with Gasteiger partial charge in [0, 0.05) is 23.7 Å². The Balaban J connectivity index is 2.13. The lowest BCUT2D eigenvalue weighted by Gasteiger charge is -2.35. The molecule has 0 unspecified atom stereocenters. The Labute approximate surface area is 102 Å². The summed E-state index contributed by atoms with van der Waals surface area (Å²) < 4.78 is 5.33. The standard InChI is InChI=1S/C14H19NO2/c1-15(13-4-3-5-13)9-12-8-11(10-16)6-7-14(12)17-2/h6-8,10,13H,3-5,9H2,1-2H3. The van der Waals surface area contributed by atoms with E-state index in [0.717, 1.165) is 24.1 Å². The molecule has 92 valence electrons. The molecule has 3 nitrogen and oxygen atoms in total. The predicted molar refractivity (Wildman–Crippen MR) is 67.5 cm³/mol. The molecule has 0 atom stereocenters. The van der Waals surface area contributed by atoms with Crippen molar-refractivity contribution in [2.24, 2.45) is 0 Å². The summed E-state index contributed by atoms with van der Waals surface area (Å²) in [6.07, 6.45) is 4.78. The molecule has 0 aromatic heterocycles. The summed E-state index contributed by atoms with van der Waals surface area (Å²) in [5.41, 5.74) is 1.80. The first kappa shape index (κ1) is 12.1. The van der Waals surface area contributed by atoms with Crippen LogP contribution >= 0.6 is 0 Å². The molecular formula is C14H19NO2. The van der Waals surface area contributed by atoms with Crippen molar-refractivity contribution in [3.05, 3.63) is 29.3 Å². The Morgan fingerprint density at radius 3 is 2.76 bits per heavy atom. The van der Waals surface area contributed by atoms with E-state index in [1.807, 2.05) is 12.1 Å². The van der Waals surface area contributed by atoms with Crippen LogP contribution in [0.1, 0.15) is 35.2 Å². The Hall–Kier alpha value is -1.35.